The molecule has 0 bridgehead atoms. The van der Waals surface area contributed by atoms with E-state index in [0.717, 1.165) is 26.2 Å². The van der Waals surface area contributed by atoms with Crippen LogP contribution in [0.3, 0.4) is 0 Å². The second kappa shape index (κ2) is 9.74. The molecule has 2 nitrogen and oxygen atoms in total. The lowest BCUT2D eigenvalue weighted by Crippen LogP contribution is -2.45. The van der Waals surface area contributed by atoms with E-state index in [2.05, 4.69) is 32.7 Å². The minimum atomic E-state index is -0.509. The zero-order valence-corrected chi connectivity index (χ0v) is 14.7. The number of hydrogen-bond donors (Lipinski definition) is 1. The first-order valence-electron chi connectivity index (χ1n) is 6.34. The quantitative estimate of drug-likeness (QED) is 0.601. The third kappa shape index (κ3) is 4.89. The maximum Gasteiger partial charge on any atom is 0.145 e. The lowest BCUT2D eigenvalue weighted by molar-refractivity contribution is 0.167. The molecule has 1 N–H and O–H groups in total. The van der Waals surface area contributed by atoms with Gasteiger partial charge in [-0.25, -0.2) is 8.78 Å². The molecule has 0 unspecified atom stereocenters. The van der Waals surface area contributed by atoms with Gasteiger partial charge in [-0.2, -0.15) is 0 Å². The van der Waals surface area contributed by atoms with Crippen molar-refractivity contribution >= 4 is 40.7 Å². The van der Waals surface area contributed by atoms with Gasteiger partial charge in [0.15, 0.2) is 0 Å². The SMILES string of the molecule is C=CC[C@H](c1c(F)ccc(Br)c1F)N1CCNCC1.Cl.Cl. The topological polar surface area (TPSA) is 15.3 Å². The fourth-order valence-corrected chi connectivity index (χ4v) is 2.80. The van der Waals surface area contributed by atoms with Gasteiger partial charge in [0, 0.05) is 37.8 Å². The summed E-state index contributed by atoms with van der Waals surface area (Å²) < 4.78 is 28.5. The molecular weight excluding hydrogens is 385 g/mol. The number of nitrogens with one attached hydrogen (secondary N) is 1. The molecule has 1 saturated heterocycles. The van der Waals surface area contributed by atoms with Crippen LogP contribution in [0.25, 0.3) is 0 Å². The summed E-state index contributed by atoms with van der Waals surface area (Å²) in [5.41, 5.74) is 0.135. The van der Waals surface area contributed by atoms with Crippen LogP contribution in [0.4, 0.5) is 8.78 Å². The molecule has 0 amide bonds. The van der Waals surface area contributed by atoms with Crippen molar-refractivity contribution in [2.24, 2.45) is 0 Å². The molecular formula is C14H19BrCl2F2N2. The standard InChI is InChI=1S/C14H17BrF2N2.2ClH/c1-2-3-12(19-8-6-18-7-9-19)13-11(16)5-4-10(15)14(13)17;;/h2,4-5,12,18H,1,3,6-9H2;2*1H/t12-;;/m1../s1. The van der Waals surface area contributed by atoms with Crippen LogP contribution >= 0.6 is 40.7 Å². The van der Waals surface area contributed by atoms with Gasteiger partial charge in [0.05, 0.1) is 4.47 Å². The van der Waals surface area contributed by atoms with Crippen molar-refractivity contribution in [1.82, 2.24) is 10.2 Å². The van der Waals surface area contributed by atoms with Crippen molar-refractivity contribution in [1.29, 1.82) is 0 Å². The molecule has 0 radical (unpaired) electrons. The first-order valence-corrected chi connectivity index (χ1v) is 7.13. The first kappa shape index (κ1) is 20.8. The highest BCUT2D eigenvalue weighted by Gasteiger charge is 2.27. The number of halogens is 5. The highest BCUT2D eigenvalue weighted by atomic mass is 79.9. The summed E-state index contributed by atoms with van der Waals surface area (Å²) in [6.45, 7) is 6.94. The number of rotatable bonds is 4. The van der Waals surface area contributed by atoms with Crippen LogP contribution < -0.4 is 5.32 Å². The minimum absolute atomic E-state index is 0. The summed E-state index contributed by atoms with van der Waals surface area (Å²) in [5.74, 6) is -1.00. The van der Waals surface area contributed by atoms with E-state index in [9.17, 15) is 8.78 Å². The molecule has 0 aliphatic carbocycles. The normalized spacial score (nSPS) is 16.5. The van der Waals surface area contributed by atoms with Gasteiger partial charge in [0.2, 0.25) is 0 Å². The summed E-state index contributed by atoms with van der Waals surface area (Å²) in [5, 5.41) is 3.24. The molecule has 1 aromatic rings. The average molecular weight is 404 g/mol. The van der Waals surface area contributed by atoms with Crippen molar-refractivity contribution in [3.63, 3.8) is 0 Å². The predicted octanol–water partition coefficient (Wildman–Crippen LogP) is 4.09. The van der Waals surface area contributed by atoms with Gasteiger partial charge in [-0.1, -0.05) is 6.08 Å². The molecule has 0 aromatic heterocycles. The summed E-state index contributed by atoms with van der Waals surface area (Å²) in [4.78, 5) is 2.10. The molecule has 1 aliphatic heterocycles. The summed E-state index contributed by atoms with van der Waals surface area (Å²) in [6.07, 6.45) is 2.25. The van der Waals surface area contributed by atoms with Gasteiger partial charge >= 0.3 is 0 Å². The van der Waals surface area contributed by atoms with Crippen LogP contribution in [0.1, 0.15) is 18.0 Å². The maximum absolute atomic E-state index is 14.2. The largest absolute Gasteiger partial charge is 0.314 e. The van der Waals surface area contributed by atoms with Crippen molar-refractivity contribution in [3.8, 4) is 0 Å². The number of hydrogen-bond acceptors (Lipinski definition) is 2. The Balaban J connectivity index is 0.00000200. The molecule has 1 fully saturated rings. The number of nitrogens with zero attached hydrogens (tertiary/aromatic N) is 1. The molecule has 1 atom stereocenters. The summed E-state index contributed by atoms with van der Waals surface area (Å²) in [7, 11) is 0. The average Bonchev–Trinajstić information content (AvgIpc) is 2.43. The Morgan fingerprint density at radius 3 is 2.48 bits per heavy atom. The van der Waals surface area contributed by atoms with Gasteiger partial charge in [-0.15, -0.1) is 31.4 Å². The zero-order chi connectivity index (χ0) is 13.8. The van der Waals surface area contributed by atoms with E-state index < -0.39 is 11.6 Å². The summed E-state index contributed by atoms with van der Waals surface area (Å²) >= 11 is 3.13. The minimum Gasteiger partial charge on any atom is -0.314 e. The monoisotopic (exact) mass is 402 g/mol. The molecule has 120 valence electrons. The highest BCUT2D eigenvalue weighted by Crippen LogP contribution is 2.32. The van der Waals surface area contributed by atoms with Gasteiger partial charge in [0.25, 0.3) is 0 Å². The van der Waals surface area contributed by atoms with E-state index in [-0.39, 0.29) is 36.4 Å². The van der Waals surface area contributed by atoms with E-state index in [1.54, 1.807) is 6.08 Å². The molecule has 1 aliphatic rings. The van der Waals surface area contributed by atoms with Crippen LogP contribution in [-0.4, -0.2) is 31.1 Å². The first-order chi connectivity index (χ1) is 9.15. The van der Waals surface area contributed by atoms with E-state index in [1.807, 2.05) is 0 Å². The van der Waals surface area contributed by atoms with Crippen molar-refractivity contribution < 1.29 is 8.78 Å². The smallest absolute Gasteiger partial charge is 0.145 e. The van der Waals surface area contributed by atoms with Gasteiger partial charge in [-0.3, -0.25) is 4.90 Å². The summed E-state index contributed by atoms with van der Waals surface area (Å²) in [6, 6.07) is 2.41. The van der Waals surface area contributed by atoms with Crippen LogP contribution in [-0.2, 0) is 0 Å². The van der Waals surface area contributed by atoms with E-state index >= 15 is 0 Å². The molecule has 1 heterocycles. The second-order valence-electron chi connectivity index (χ2n) is 4.58. The molecule has 7 heteroatoms. The lowest BCUT2D eigenvalue weighted by Gasteiger charge is -2.35. The Hall–Kier alpha value is -0.200. The van der Waals surface area contributed by atoms with Crippen molar-refractivity contribution in [2.75, 3.05) is 26.2 Å². The highest BCUT2D eigenvalue weighted by molar-refractivity contribution is 9.10. The molecule has 0 spiro atoms. The fourth-order valence-electron chi connectivity index (χ4n) is 2.45. The second-order valence-corrected chi connectivity index (χ2v) is 5.44. The Bertz CT molecular complexity index is 469. The predicted molar refractivity (Wildman–Crippen MR) is 90.6 cm³/mol. The third-order valence-corrected chi connectivity index (χ3v) is 4.01. The molecule has 2 rings (SSSR count). The Labute approximate surface area is 144 Å². The van der Waals surface area contributed by atoms with Crippen LogP contribution in [0.5, 0.6) is 0 Å². The van der Waals surface area contributed by atoms with E-state index in [1.165, 1.54) is 12.1 Å². The van der Waals surface area contributed by atoms with Crippen LogP contribution in [0.15, 0.2) is 29.3 Å². The van der Waals surface area contributed by atoms with Gasteiger partial charge in [-0.05, 0) is 34.5 Å². The Morgan fingerprint density at radius 1 is 1.29 bits per heavy atom. The zero-order valence-electron chi connectivity index (χ0n) is 11.4. The lowest BCUT2D eigenvalue weighted by atomic mass is 10.00. The van der Waals surface area contributed by atoms with Gasteiger partial charge < -0.3 is 5.32 Å². The maximum atomic E-state index is 14.2. The van der Waals surface area contributed by atoms with Crippen molar-refractivity contribution in [2.45, 2.75) is 12.5 Å². The van der Waals surface area contributed by atoms with Crippen molar-refractivity contribution in [3.05, 3.63) is 46.5 Å². The fraction of sp³-hybridized carbons (Fsp3) is 0.429. The van der Waals surface area contributed by atoms with Gasteiger partial charge in [0.1, 0.15) is 11.6 Å². The molecule has 1 aromatic carbocycles. The van der Waals surface area contributed by atoms with E-state index in [4.69, 9.17) is 0 Å². The molecule has 21 heavy (non-hydrogen) atoms. The Morgan fingerprint density at radius 2 is 1.90 bits per heavy atom. The van der Waals surface area contributed by atoms with E-state index in [0.29, 0.717) is 10.9 Å². The van der Waals surface area contributed by atoms with Crippen LogP contribution in [0, 0.1) is 11.6 Å². The van der Waals surface area contributed by atoms with Crippen LogP contribution in [0.2, 0.25) is 0 Å². The number of piperazine rings is 1. The third-order valence-electron chi connectivity index (χ3n) is 3.39. The number of benzene rings is 1. The Kier molecular flexibility index (Phi) is 9.65. The molecule has 0 saturated carbocycles.